The van der Waals surface area contributed by atoms with Gasteiger partial charge in [-0.1, -0.05) is 5.16 Å². The van der Waals surface area contributed by atoms with Crippen LogP contribution in [0.15, 0.2) is 29.0 Å². The molecule has 7 heteroatoms. The molecule has 1 saturated heterocycles. The molecule has 0 spiro atoms. The zero-order chi connectivity index (χ0) is 13.1. The molecule has 1 aliphatic heterocycles. The van der Waals surface area contributed by atoms with Crippen molar-refractivity contribution in [3.8, 4) is 0 Å². The van der Waals surface area contributed by atoms with Crippen LogP contribution in [0.5, 0.6) is 0 Å². The first kappa shape index (κ1) is 11.8. The summed E-state index contributed by atoms with van der Waals surface area (Å²) in [6, 6.07) is 3.45. The Bertz CT molecular complexity index is 563. The van der Waals surface area contributed by atoms with Gasteiger partial charge >= 0.3 is 0 Å². The summed E-state index contributed by atoms with van der Waals surface area (Å²) in [6.07, 6.45) is 5.22. The smallest absolute Gasteiger partial charge is 0.297 e. The molecule has 1 atom stereocenters. The molecular weight excluding hydrogens is 246 g/mol. The van der Waals surface area contributed by atoms with Gasteiger partial charge in [-0.15, -0.1) is 0 Å². The molecule has 0 saturated carbocycles. The van der Waals surface area contributed by atoms with E-state index in [0.717, 1.165) is 19.4 Å². The maximum atomic E-state index is 11.9. The zero-order valence-electron chi connectivity index (χ0n) is 10.2. The van der Waals surface area contributed by atoms with Crippen LogP contribution in [-0.4, -0.2) is 27.6 Å². The van der Waals surface area contributed by atoms with Crippen LogP contribution in [0.2, 0.25) is 0 Å². The highest BCUT2D eigenvalue weighted by Gasteiger charge is 2.24. The minimum atomic E-state index is -0.390. The quantitative estimate of drug-likeness (QED) is 0.858. The third kappa shape index (κ3) is 2.60. The monoisotopic (exact) mass is 259 g/mol. The second-order valence-electron chi connectivity index (χ2n) is 4.30. The van der Waals surface area contributed by atoms with Crippen molar-refractivity contribution in [2.45, 2.75) is 18.9 Å². The Morgan fingerprint density at radius 1 is 1.42 bits per heavy atom. The summed E-state index contributed by atoms with van der Waals surface area (Å²) in [4.78, 5) is 19.9. The van der Waals surface area contributed by atoms with Gasteiger partial charge in [0.1, 0.15) is 0 Å². The van der Waals surface area contributed by atoms with Crippen LogP contribution in [0.4, 0.5) is 5.69 Å². The fraction of sp³-hybridized carbons (Fsp3) is 0.333. The van der Waals surface area contributed by atoms with Gasteiger partial charge in [0.15, 0.2) is 0 Å². The highest BCUT2D eigenvalue weighted by atomic mass is 16.5. The van der Waals surface area contributed by atoms with Gasteiger partial charge in [-0.3, -0.25) is 9.78 Å². The molecular formula is C12H13N5O2. The fourth-order valence-electron chi connectivity index (χ4n) is 1.99. The number of amides is 1. The molecule has 2 N–H and O–H groups in total. The van der Waals surface area contributed by atoms with Gasteiger partial charge in [0.2, 0.25) is 5.89 Å². The second-order valence-corrected chi connectivity index (χ2v) is 4.30. The summed E-state index contributed by atoms with van der Waals surface area (Å²) in [5, 5.41) is 9.62. The third-order valence-electron chi connectivity index (χ3n) is 2.94. The number of nitrogens with one attached hydrogen (secondary N) is 2. The largest absolute Gasteiger partial charge is 0.337 e. The maximum absolute atomic E-state index is 11.9. The number of nitrogens with zero attached hydrogens (tertiary/aromatic N) is 3. The first-order valence-electron chi connectivity index (χ1n) is 6.11. The number of aromatic nitrogens is 3. The molecule has 2 aromatic heterocycles. The van der Waals surface area contributed by atoms with Crippen LogP contribution in [0.1, 0.15) is 35.4 Å². The lowest BCUT2D eigenvalue weighted by Gasteiger charge is -2.01. The number of rotatable bonds is 3. The van der Waals surface area contributed by atoms with Gasteiger partial charge in [-0.05, 0) is 31.5 Å². The number of carbonyl (C=O) groups excluding carboxylic acids is 1. The number of pyridine rings is 1. The molecule has 1 amide bonds. The van der Waals surface area contributed by atoms with E-state index in [9.17, 15) is 4.79 Å². The Labute approximate surface area is 109 Å². The van der Waals surface area contributed by atoms with Gasteiger partial charge in [0.25, 0.3) is 11.7 Å². The van der Waals surface area contributed by atoms with Crippen molar-refractivity contribution < 1.29 is 9.32 Å². The van der Waals surface area contributed by atoms with Crippen molar-refractivity contribution in [1.29, 1.82) is 0 Å². The Hall–Kier alpha value is -2.28. The van der Waals surface area contributed by atoms with Crippen molar-refractivity contribution in [3.63, 3.8) is 0 Å². The Balaban J connectivity index is 1.70. The lowest BCUT2D eigenvalue weighted by molar-refractivity contribution is 0.101. The maximum Gasteiger partial charge on any atom is 0.297 e. The molecule has 0 radical (unpaired) electrons. The molecule has 7 nitrogen and oxygen atoms in total. The van der Waals surface area contributed by atoms with E-state index in [1.807, 2.05) is 0 Å². The lowest BCUT2D eigenvalue weighted by atomic mass is 10.2. The number of hydrogen-bond acceptors (Lipinski definition) is 6. The minimum absolute atomic E-state index is 0.0421. The van der Waals surface area contributed by atoms with Crippen LogP contribution < -0.4 is 10.6 Å². The van der Waals surface area contributed by atoms with E-state index in [4.69, 9.17) is 4.52 Å². The normalized spacial score (nSPS) is 18.4. The van der Waals surface area contributed by atoms with Crippen LogP contribution in [0, 0.1) is 0 Å². The number of anilines is 1. The molecule has 0 aliphatic carbocycles. The van der Waals surface area contributed by atoms with Crippen LogP contribution >= 0.6 is 0 Å². The SMILES string of the molecule is O=C(Nc1ccncc1)c1noc(C2CCCN2)n1. The predicted molar refractivity (Wildman–Crippen MR) is 66.5 cm³/mol. The van der Waals surface area contributed by atoms with Gasteiger partial charge in [-0.2, -0.15) is 4.98 Å². The van der Waals surface area contributed by atoms with Gasteiger partial charge in [0.05, 0.1) is 6.04 Å². The summed E-state index contributed by atoms with van der Waals surface area (Å²) in [6.45, 7) is 0.936. The number of hydrogen-bond donors (Lipinski definition) is 2. The minimum Gasteiger partial charge on any atom is -0.337 e. The fourth-order valence-corrected chi connectivity index (χ4v) is 1.99. The van der Waals surface area contributed by atoms with E-state index in [1.54, 1.807) is 24.5 Å². The molecule has 1 fully saturated rings. The molecule has 3 heterocycles. The highest BCUT2D eigenvalue weighted by Crippen LogP contribution is 2.21. The molecule has 19 heavy (non-hydrogen) atoms. The Morgan fingerprint density at radius 2 is 2.26 bits per heavy atom. The van der Waals surface area contributed by atoms with E-state index >= 15 is 0 Å². The van der Waals surface area contributed by atoms with E-state index in [2.05, 4.69) is 25.8 Å². The lowest BCUT2D eigenvalue weighted by Crippen LogP contribution is -2.15. The third-order valence-corrected chi connectivity index (χ3v) is 2.94. The Morgan fingerprint density at radius 3 is 3.00 bits per heavy atom. The summed E-state index contributed by atoms with van der Waals surface area (Å²) in [7, 11) is 0. The Kier molecular flexibility index (Phi) is 3.20. The summed E-state index contributed by atoms with van der Waals surface area (Å²) in [5.74, 6) is 0.122. The van der Waals surface area contributed by atoms with Crippen LogP contribution in [0.25, 0.3) is 0 Å². The van der Waals surface area contributed by atoms with Crippen molar-refractivity contribution in [3.05, 3.63) is 36.2 Å². The first-order chi connectivity index (χ1) is 9.33. The number of carbonyl (C=O) groups is 1. The summed E-state index contributed by atoms with van der Waals surface area (Å²) in [5.41, 5.74) is 0.644. The zero-order valence-corrected chi connectivity index (χ0v) is 10.2. The molecule has 0 aromatic carbocycles. The molecule has 1 aliphatic rings. The molecule has 3 rings (SSSR count). The van der Waals surface area contributed by atoms with Crippen molar-refractivity contribution in [2.75, 3.05) is 11.9 Å². The predicted octanol–water partition coefficient (Wildman–Crippen LogP) is 1.14. The van der Waals surface area contributed by atoms with Crippen LogP contribution in [-0.2, 0) is 0 Å². The highest BCUT2D eigenvalue weighted by molar-refractivity contribution is 6.01. The van der Waals surface area contributed by atoms with E-state index in [1.165, 1.54) is 0 Å². The summed E-state index contributed by atoms with van der Waals surface area (Å²) < 4.78 is 5.11. The van der Waals surface area contributed by atoms with E-state index in [0.29, 0.717) is 11.6 Å². The van der Waals surface area contributed by atoms with E-state index < -0.39 is 0 Å². The molecule has 0 bridgehead atoms. The summed E-state index contributed by atoms with van der Waals surface area (Å²) >= 11 is 0. The first-order valence-corrected chi connectivity index (χ1v) is 6.11. The van der Waals surface area contributed by atoms with Gasteiger partial charge in [-0.25, -0.2) is 0 Å². The van der Waals surface area contributed by atoms with Crippen LogP contribution in [0.3, 0.4) is 0 Å². The van der Waals surface area contributed by atoms with Crippen molar-refractivity contribution >= 4 is 11.6 Å². The van der Waals surface area contributed by atoms with Crippen molar-refractivity contribution in [1.82, 2.24) is 20.4 Å². The average molecular weight is 259 g/mol. The molecule has 2 aromatic rings. The van der Waals surface area contributed by atoms with E-state index in [-0.39, 0.29) is 17.8 Å². The van der Waals surface area contributed by atoms with Gasteiger partial charge < -0.3 is 15.2 Å². The van der Waals surface area contributed by atoms with Crippen molar-refractivity contribution in [2.24, 2.45) is 0 Å². The van der Waals surface area contributed by atoms with Gasteiger partial charge in [0, 0.05) is 18.1 Å². The average Bonchev–Trinajstić information content (AvgIpc) is 3.11. The molecule has 1 unspecified atom stereocenters. The molecule has 98 valence electrons. The second kappa shape index (κ2) is 5.15. The topological polar surface area (TPSA) is 92.9 Å². The standard InChI is InChI=1S/C12H13N5O2/c18-11(15-8-3-6-13-7-4-8)10-16-12(19-17-10)9-2-1-5-14-9/h3-4,6-7,9,14H,1-2,5H2,(H,13,15,18).